The second kappa shape index (κ2) is 12.5. The molecule has 31 heavy (non-hydrogen) atoms. The maximum Gasteiger partial charge on any atom is 0.254 e. The summed E-state index contributed by atoms with van der Waals surface area (Å²) in [5, 5.41) is 45.6. The van der Waals surface area contributed by atoms with Crippen LogP contribution in [-0.2, 0) is 9.59 Å². The zero-order valence-corrected chi connectivity index (χ0v) is 22.6. The fourth-order valence-corrected chi connectivity index (χ4v) is 6.86. The lowest BCUT2D eigenvalue weighted by molar-refractivity contribution is -0.119. The van der Waals surface area contributed by atoms with E-state index in [0.29, 0.717) is 3.57 Å². The molecule has 1 rings (SSSR count). The molecule has 0 saturated carbocycles. The number of rotatable bonds is 9. The zero-order chi connectivity index (χ0) is 24.0. The van der Waals surface area contributed by atoms with Crippen LogP contribution >= 0.6 is 67.8 Å². The Labute approximate surface area is 218 Å². The van der Waals surface area contributed by atoms with Gasteiger partial charge in [-0.3, -0.25) is 14.4 Å². The number of anilines is 1. The summed E-state index contributed by atoms with van der Waals surface area (Å²) >= 11 is 5.46. The van der Waals surface area contributed by atoms with Crippen molar-refractivity contribution in [2.45, 2.75) is 31.3 Å². The molecular formula is C17H20I3N3O8. The van der Waals surface area contributed by atoms with Gasteiger partial charge in [-0.1, -0.05) is 0 Å². The molecule has 0 bridgehead atoms. The van der Waals surface area contributed by atoms with Gasteiger partial charge in [0.2, 0.25) is 5.91 Å². The molecular weight excluding hydrogens is 755 g/mol. The normalized spacial score (nSPS) is 14.7. The number of nitrogens with one attached hydrogen (secondary N) is 3. The molecule has 0 spiro atoms. The summed E-state index contributed by atoms with van der Waals surface area (Å²) in [5.41, 5.74) is 0.300. The summed E-state index contributed by atoms with van der Waals surface area (Å²) in [7, 11) is 1.40. The second-order valence-electron chi connectivity index (χ2n) is 6.19. The van der Waals surface area contributed by atoms with Gasteiger partial charge in [0, 0.05) is 17.5 Å². The molecule has 1 aromatic rings. The summed E-state index contributed by atoms with van der Waals surface area (Å²) in [6.07, 6.45) is -5.40. The van der Waals surface area contributed by atoms with E-state index in [1.807, 2.05) is 45.2 Å². The first kappa shape index (κ1) is 28.4. The highest BCUT2D eigenvalue weighted by atomic mass is 127. The molecule has 172 valence electrons. The van der Waals surface area contributed by atoms with E-state index in [1.165, 1.54) is 14.0 Å². The van der Waals surface area contributed by atoms with E-state index in [4.69, 9.17) is 5.11 Å². The molecule has 7 N–H and O–H groups in total. The molecule has 11 nitrogen and oxygen atoms in total. The molecule has 0 aliphatic heterocycles. The van der Waals surface area contributed by atoms with Gasteiger partial charge in [-0.05, 0) is 67.8 Å². The van der Waals surface area contributed by atoms with Crippen LogP contribution < -0.4 is 16.0 Å². The Morgan fingerprint density at radius 1 is 0.968 bits per heavy atom. The van der Waals surface area contributed by atoms with Crippen LogP contribution in [0.4, 0.5) is 5.69 Å². The van der Waals surface area contributed by atoms with Crippen LogP contribution in [0, 0.1) is 10.7 Å². The Balaban J connectivity index is 3.51. The summed E-state index contributed by atoms with van der Waals surface area (Å²) in [6, 6.07) is -1.64. The standard InChI is InChI=1S/C17H20I3N3O8/c1-5(26)22-13-11(19)8(16(30)21-2)10(18)9(12(13)20)17(31)23-6(3-24)14(28)15(29)7(27)4-25/h3,6-7,14-15,25,27-29H,4H2,1-2H3,(H,21,30)(H,22,26)(H,23,31)/t6-,7+,14+,15+/m0/s1. The van der Waals surface area contributed by atoms with Crippen molar-refractivity contribution >= 4 is 97.5 Å². The average molecular weight is 775 g/mol. The van der Waals surface area contributed by atoms with Gasteiger partial charge in [-0.15, -0.1) is 0 Å². The Bertz CT molecular complexity index is 883. The Kier molecular flexibility index (Phi) is 11.5. The largest absolute Gasteiger partial charge is 0.394 e. The molecule has 4 atom stereocenters. The molecule has 0 unspecified atom stereocenters. The number of hydrogen-bond donors (Lipinski definition) is 7. The molecule has 0 radical (unpaired) electrons. The van der Waals surface area contributed by atoms with Crippen LogP contribution in [-0.4, -0.2) is 82.4 Å². The molecule has 1 aromatic carbocycles. The van der Waals surface area contributed by atoms with Gasteiger partial charge in [0.15, 0.2) is 0 Å². The average Bonchev–Trinajstić information content (AvgIpc) is 2.72. The van der Waals surface area contributed by atoms with Crippen molar-refractivity contribution in [3.8, 4) is 0 Å². The summed E-state index contributed by atoms with van der Waals surface area (Å²) < 4.78 is 0.903. The van der Waals surface area contributed by atoms with Gasteiger partial charge < -0.3 is 41.2 Å². The van der Waals surface area contributed by atoms with Gasteiger partial charge in [0.1, 0.15) is 30.6 Å². The Hall–Kier alpha value is -0.670. The van der Waals surface area contributed by atoms with E-state index >= 15 is 0 Å². The van der Waals surface area contributed by atoms with E-state index < -0.39 is 48.7 Å². The third-order valence-corrected chi connectivity index (χ3v) is 7.28. The number of aliphatic hydroxyl groups excluding tert-OH is 4. The van der Waals surface area contributed by atoms with Crippen LogP contribution in [0.2, 0.25) is 0 Å². The highest BCUT2D eigenvalue weighted by Gasteiger charge is 2.34. The molecule has 14 heteroatoms. The molecule has 0 aliphatic carbocycles. The van der Waals surface area contributed by atoms with Crippen molar-refractivity contribution in [3.05, 3.63) is 21.8 Å². The van der Waals surface area contributed by atoms with E-state index in [-0.39, 0.29) is 30.2 Å². The maximum atomic E-state index is 13.0. The van der Waals surface area contributed by atoms with Gasteiger partial charge >= 0.3 is 0 Å². The molecule has 0 aliphatic rings. The molecule has 3 amide bonds. The van der Waals surface area contributed by atoms with E-state index in [2.05, 4.69) is 16.0 Å². The minimum absolute atomic E-state index is 0.0415. The first-order valence-electron chi connectivity index (χ1n) is 8.54. The molecule has 0 fully saturated rings. The van der Waals surface area contributed by atoms with Crippen molar-refractivity contribution in [2.24, 2.45) is 0 Å². The minimum Gasteiger partial charge on any atom is -0.394 e. The lowest BCUT2D eigenvalue weighted by Gasteiger charge is -2.27. The third kappa shape index (κ3) is 6.67. The Morgan fingerprint density at radius 3 is 1.90 bits per heavy atom. The van der Waals surface area contributed by atoms with Crippen LogP contribution in [0.1, 0.15) is 27.6 Å². The van der Waals surface area contributed by atoms with Crippen molar-refractivity contribution in [1.29, 1.82) is 0 Å². The highest BCUT2D eigenvalue weighted by Crippen LogP contribution is 2.35. The number of halogens is 3. The fourth-order valence-electron chi connectivity index (χ4n) is 2.45. The van der Waals surface area contributed by atoms with Crippen molar-refractivity contribution in [3.63, 3.8) is 0 Å². The summed E-state index contributed by atoms with van der Waals surface area (Å²) in [5.74, 6) is -1.82. The van der Waals surface area contributed by atoms with Crippen molar-refractivity contribution < 1.29 is 39.6 Å². The maximum absolute atomic E-state index is 13.0. The van der Waals surface area contributed by atoms with Crippen LogP contribution in [0.25, 0.3) is 0 Å². The minimum atomic E-state index is -1.92. The van der Waals surface area contributed by atoms with Crippen molar-refractivity contribution in [1.82, 2.24) is 10.6 Å². The van der Waals surface area contributed by atoms with Gasteiger partial charge in [0.05, 0.1) is 30.6 Å². The number of aldehydes is 1. The predicted octanol–water partition coefficient (Wildman–Crippen LogP) is -0.809. The first-order chi connectivity index (χ1) is 14.4. The fraction of sp³-hybridized carbons (Fsp3) is 0.412. The van der Waals surface area contributed by atoms with Crippen molar-refractivity contribution in [2.75, 3.05) is 19.0 Å². The summed E-state index contributed by atoms with van der Waals surface area (Å²) in [4.78, 5) is 48.5. The topological polar surface area (TPSA) is 185 Å². The third-order valence-electron chi connectivity index (χ3n) is 4.04. The number of carbonyl (C=O) groups is 4. The zero-order valence-electron chi connectivity index (χ0n) is 16.1. The molecule has 0 aromatic heterocycles. The van der Waals surface area contributed by atoms with E-state index in [1.54, 1.807) is 22.6 Å². The number of carbonyl (C=O) groups excluding carboxylic acids is 4. The SMILES string of the molecule is CNC(=O)c1c(I)c(NC(C)=O)c(I)c(C(=O)N[C@@H](C=O)[C@@H](O)[C@H](O)[C@H](O)CO)c1I. The number of benzene rings is 1. The smallest absolute Gasteiger partial charge is 0.254 e. The number of hydrogen-bond acceptors (Lipinski definition) is 8. The molecule has 0 saturated heterocycles. The Morgan fingerprint density at radius 2 is 1.48 bits per heavy atom. The quantitative estimate of drug-likeness (QED) is 0.126. The van der Waals surface area contributed by atoms with Crippen LogP contribution in [0.3, 0.4) is 0 Å². The van der Waals surface area contributed by atoms with Crippen LogP contribution in [0.5, 0.6) is 0 Å². The predicted molar refractivity (Wildman–Crippen MR) is 135 cm³/mol. The molecule has 0 heterocycles. The lowest BCUT2D eigenvalue weighted by atomic mass is 10.0. The summed E-state index contributed by atoms with van der Waals surface area (Å²) in [6.45, 7) is 0.385. The van der Waals surface area contributed by atoms with Gasteiger partial charge in [-0.2, -0.15) is 0 Å². The van der Waals surface area contributed by atoms with E-state index in [0.717, 1.165) is 0 Å². The van der Waals surface area contributed by atoms with Crippen LogP contribution in [0.15, 0.2) is 0 Å². The van der Waals surface area contributed by atoms with Gasteiger partial charge in [0.25, 0.3) is 11.8 Å². The number of amides is 3. The number of aliphatic hydroxyl groups is 4. The monoisotopic (exact) mass is 775 g/mol. The van der Waals surface area contributed by atoms with Gasteiger partial charge in [-0.25, -0.2) is 0 Å². The van der Waals surface area contributed by atoms with E-state index in [9.17, 15) is 34.5 Å². The second-order valence-corrected chi connectivity index (χ2v) is 9.43. The lowest BCUT2D eigenvalue weighted by Crippen LogP contribution is -2.53. The first-order valence-corrected chi connectivity index (χ1v) is 11.8. The highest BCUT2D eigenvalue weighted by molar-refractivity contribution is 14.1.